The minimum Gasteiger partial charge on any atom is -0.493 e. The summed E-state index contributed by atoms with van der Waals surface area (Å²) in [5.41, 5.74) is 6.12. The molecule has 2 unspecified atom stereocenters. The van der Waals surface area contributed by atoms with Crippen molar-refractivity contribution in [3.63, 3.8) is 0 Å². The smallest absolute Gasteiger partial charge is 0.152 e. The van der Waals surface area contributed by atoms with E-state index in [2.05, 4.69) is 57.9 Å². The molecule has 0 saturated heterocycles. The van der Waals surface area contributed by atoms with E-state index in [1.54, 1.807) is 19.3 Å². The third kappa shape index (κ3) is 7.21. The van der Waals surface area contributed by atoms with Crippen LogP contribution in [0.15, 0.2) is 85.0 Å². The molecule has 210 valence electrons. The summed E-state index contributed by atoms with van der Waals surface area (Å²) in [6.45, 7) is 8.10. The van der Waals surface area contributed by atoms with Crippen LogP contribution in [-0.2, 0) is 11.3 Å². The summed E-state index contributed by atoms with van der Waals surface area (Å²) in [4.78, 5) is 9.19. The van der Waals surface area contributed by atoms with Gasteiger partial charge in [-0.25, -0.2) is 18.7 Å². The fraction of sp³-hybridized carbons (Fsp3) is 0.333. The normalized spacial score (nSPS) is 16.7. The Labute approximate surface area is 235 Å². The maximum atomic E-state index is 14.0. The maximum absolute atomic E-state index is 14.0. The largest absolute Gasteiger partial charge is 0.493 e. The highest BCUT2D eigenvalue weighted by molar-refractivity contribution is 5.68. The molecule has 0 aromatic heterocycles. The van der Waals surface area contributed by atoms with Gasteiger partial charge in [0.2, 0.25) is 0 Å². The van der Waals surface area contributed by atoms with Gasteiger partial charge < -0.3 is 14.0 Å². The summed E-state index contributed by atoms with van der Waals surface area (Å²) in [5.74, 6) is 0.278. The van der Waals surface area contributed by atoms with Gasteiger partial charge in [0.25, 0.3) is 0 Å². The van der Waals surface area contributed by atoms with Crippen molar-refractivity contribution in [2.45, 2.75) is 52.2 Å². The van der Waals surface area contributed by atoms with Crippen molar-refractivity contribution in [3.05, 3.63) is 102 Å². The quantitative estimate of drug-likeness (QED) is 0.200. The van der Waals surface area contributed by atoms with E-state index in [4.69, 9.17) is 9.47 Å². The molecule has 0 bridgehead atoms. The average molecular weight is 546 g/mol. The van der Waals surface area contributed by atoms with Crippen molar-refractivity contribution in [2.24, 2.45) is 0 Å². The first-order valence-corrected chi connectivity index (χ1v) is 13.8. The van der Waals surface area contributed by atoms with Crippen molar-refractivity contribution in [2.75, 3.05) is 20.3 Å². The van der Waals surface area contributed by atoms with E-state index >= 15 is 0 Å². The number of fused-ring (bicyclic) bond motifs is 1. The fourth-order valence-electron chi connectivity index (χ4n) is 4.67. The van der Waals surface area contributed by atoms with Crippen molar-refractivity contribution in [1.82, 2.24) is 14.5 Å². The van der Waals surface area contributed by atoms with Gasteiger partial charge in [-0.1, -0.05) is 56.3 Å². The number of imidazole rings is 1. The van der Waals surface area contributed by atoms with Crippen molar-refractivity contribution < 1.29 is 18.3 Å². The molecule has 0 spiro atoms. The Morgan fingerprint density at radius 3 is 2.52 bits per heavy atom. The van der Waals surface area contributed by atoms with Crippen molar-refractivity contribution >= 4 is 0 Å². The predicted octanol–water partition coefficient (Wildman–Crippen LogP) is 8.08. The molecule has 0 saturated carbocycles. The molecule has 0 fully saturated rings. The zero-order chi connectivity index (χ0) is 28.5. The summed E-state index contributed by atoms with van der Waals surface area (Å²) in [6, 6.07) is 16.6. The molecule has 5 rings (SSSR count). The molecule has 7 heteroatoms. The number of aryl methyl sites for hydroxylation is 1. The maximum Gasteiger partial charge on any atom is 0.152 e. The zero-order valence-corrected chi connectivity index (χ0v) is 23.6. The highest BCUT2D eigenvalue weighted by atomic mass is 19.2. The Kier molecular flexibility index (Phi) is 10.2. The molecule has 0 amide bonds. The van der Waals surface area contributed by atoms with Crippen LogP contribution in [-0.4, -0.2) is 41.0 Å². The summed E-state index contributed by atoms with van der Waals surface area (Å²) < 4.78 is 40.6. The number of hydrogen-bond acceptors (Lipinski definition) is 4. The van der Waals surface area contributed by atoms with Crippen LogP contribution in [0, 0.1) is 6.92 Å². The third-order valence-electron chi connectivity index (χ3n) is 6.72. The number of alkyl halides is 1. The number of allylic oxidation sites excluding steroid dienone is 4. The number of benzene rings is 2. The first-order valence-electron chi connectivity index (χ1n) is 13.8. The van der Waals surface area contributed by atoms with Gasteiger partial charge in [0.1, 0.15) is 23.1 Å². The lowest BCUT2D eigenvalue weighted by Crippen LogP contribution is -2.07. The Balaban J connectivity index is 0.00000181. The van der Waals surface area contributed by atoms with Crippen LogP contribution >= 0.6 is 0 Å². The van der Waals surface area contributed by atoms with Gasteiger partial charge >= 0.3 is 0 Å². The molecule has 0 radical (unpaired) electrons. The van der Waals surface area contributed by atoms with Crippen LogP contribution in [0.1, 0.15) is 49.6 Å². The average Bonchev–Trinajstić information content (AvgIpc) is 3.32. The van der Waals surface area contributed by atoms with Crippen LogP contribution in [0.5, 0.6) is 5.75 Å². The Bertz CT molecular complexity index is 1410. The van der Waals surface area contributed by atoms with Gasteiger partial charge in [-0.05, 0) is 59.9 Å². The number of pyridine rings is 1. The van der Waals surface area contributed by atoms with Gasteiger partial charge in [-0.3, -0.25) is 0 Å². The second-order valence-electron chi connectivity index (χ2n) is 9.58. The molecule has 1 aliphatic carbocycles. The minimum atomic E-state index is -1.63. The van der Waals surface area contributed by atoms with Gasteiger partial charge in [-0.15, -0.1) is 0 Å². The molecule has 3 aliphatic rings. The van der Waals surface area contributed by atoms with Gasteiger partial charge in [0.15, 0.2) is 6.17 Å². The number of methoxy groups -OCH3 is 1. The number of hydrogen-bond donors (Lipinski definition) is 0. The Morgan fingerprint density at radius 1 is 1.00 bits per heavy atom. The third-order valence-corrected chi connectivity index (χ3v) is 6.72. The second kappa shape index (κ2) is 14.0. The van der Waals surface area contributed by atoms with Gasteiger partial charge in [0, 0.05) is 45.0 Å². The monoisotopic (exact) mass is 545 g/mol. The molecule has 2 atom stereocenters. The highest BCUT2D eigenvalue weighted by Gasteiger charge is 2.25. The number of rotatable bonds is 9. The van der Waals surface area contributed by atoms with E-state index in [1.165, 1.54) is 11.6 Å². The van der Waals surface area contributed by atoms with E-state index in [9.17, 15) is 8.78 Å². The van der Waals surface area contributed by atoms with E-state index < -0.39 is 12.0 Å². The zero-order valence-electron chi connectivity index (χ0n) is 23.6. The van der Waals surface area contributed by atoms with E-state index in [0.29, 0.717) is 25.6 Å². The van der Waals surface area contributed by atoms with Gasteiger partial charge in [0.05, 0.1) is 12.3 Å². The van der Waals surface area contributed by atoms with Crippen LogP contribution in [0.3, 0.4) is 0 Å². The molecule has 2 aliphatic heterocycles. The number of halogens is 2. The van der Waals surface area contributed by atoms with Crippen LogP contribution in [0.4, 0.5) is 8.78 Å². The van der Waals surface area contributed by atoms with Crippen molar-refractivity contribution in [3.8, 4) is 28.3 Å². The van der Waals surface area contributed by atoms with E-state index in [0.717, 1.165) is 40.2 Å². The highest BCUT2D eigenvalue weighted by Crippen LogP contribution is 2.31. The number of ether oxygens (including phenoxy) is 2. The number of aromatic nitrogens is 3. The summed E-state index contributed by atoms with van der Waals surface area (Å²) in [6.07, 6.45) is 7.61. The lowest BCUT2D eigenvalue weighted by molar-refractivity contribution is 0.172. The summed E-state index contributed by atoms with van der Waals surface area (Å²) >= 11 is 0. The predicted molar refractivity (Wildman–Crippen MR) is 156 cm³/mol. The second-order valence-corrected chi connectivity index (χ2v) is 9.58. The molecule has 5 nitrogen and oxygen atoms in total. The molecule has 2 aromatic rings. The lowest BCUT2D eigenvalue weighted by Gasteiger charge is -2.12. The van der Waals surface area contributed by atoms with E-state index in [-0.39, 0.29) is 12.3 Å². The standard InChI is InChI=1S/C31H31F2N3O2.C2H6/c1-21-17-25(38-16-4-15-37-2)11-12-26(21)23-9-7-22(8-10-23)19-36-14-13-29-30(20-36)35-31(34-29)24-5-3-6-27(32)28(33)18-24;1-2/h3,5-14,17,20,24,28H,4,15-16,18-19H2,1-2H3;1-2H3. The summed E-state index contributed by atoms with van der Waals surface area (Å²) in [5, 5.41) is 0. The Morgan fingerprint density at radius 2 is 1.77 bits per heavy atom. The molecular formula is C33H37F2N3O2. The SMILES string of the molecule is CC.COCCCOc1ccc(-c2ccc(Cn3ccc4nc(C5C=CC=C(F)C(F)C5)nc-4c3)cc2)c(C)c1. The van der Waals surface area contributed by atoms with Crippen molar-refractivity contribution in [1.29, 1.82) is 0 Å². The van der Waals surface area contributed by atoms with E-state index in [1.807, 2.05) is 38.4 Å². The van der Waals surface area contributed by atoms with Crippen LogP contribution in [0.2, 0.25) is 0 Å². The lowest BCUT2D eigenvalue weighted by atomic mass is 9.99. The molecule has 0 N–H and O–H groups in total. The molecule has 2 heterocycles. The number of nitrogens with zero attached hydrogens (tertiary/aromatic N) is 3. The first-order chi connectivity index (χ1) is 19.5. The topological polar surface area (TPSA) is 49.2 Å². The first kappa shape index (κ1) is 29.2. The molecular weight excluding hydrogens is 508 g/mol. The molecule has 40 heavy (non-hydrogen) atoms. The van der Waals surface area contributed by atoms with Gasteiger partial charge in [-0.2, -0.15) is 0 Å². The minimum absolute atomic E-state index is 0.00508. The van der Waals surface area contributed by atoms with Crippen LogP contribution in [0.25, 0.3) is 22.5 Å². The molecule has 2 aromatic carbocycles. The summed E-state index contributed by atoms with van der Waals surface area (Å²) in [7, 11) is 1.69. The van der Waals surface area contributed by atoms with Crippen LogP contribution < -0.4 is 4.74 Å². The Hall–Kier alpha value is -3.84. The fourth-order valence-corrected chi connectivity index (χ4v) is 4.67.